The number of benzene rings is 5. The van der Waals surface area contributed by atoms with Crippen molar-refractivity contribution in [2.45, 2.75) is 200 Å². The summed E-state index contributed by atoms with van der Waals surface area (Å²) < 4.78 is 94.3. The fraction of sp³-hybridized carbons (Fsp3) is 0.524. The molecule has 0 bridgehead atoms. The molecule has 0 aliphatic carbocycles. The molecule has 5 aromatic carbocycles. The van der Waals surface area contributed by atoms with E-state index in [1.165, 1.54) is 0 Å². The Morgan fingerprint density at radius 3 is 1.65 bits per heavy atom. The monoisotopic (exact) mass is 1100 g/mol. The lowest BCUT2D eigenvalue weighted by molar-refractivity contribution is -0.319. The van der Waals surface area contributed by atoms with E-state index in [9.17, 15) is 0 Å². The zero-order valence-electron chi connectivity index (χ0n) is 46.3. The van der Waals surface area contributed by atoms with Crippen molar-refractivity contribution >= 4 is 36.8 Å². The van der Waals surface area contributed by atoms with Crippen LogP contribution < -0.4 is 10.4 Å². The van der Waals surface area contributed by atoms with Crippen LogP contribution in [0.1, 0.15) is 98.1 Å². The van der Waals surface area contributed by atoms with Crippen LogP contribution in [0.2, 0.25) is 23.2 Å². The van der Waals surface area contributed by atoms with Gasteiger partial charge in [-0.05, 0) is 63.7 Å². The Balaban J connectivity index is 0.912. The van der Waals surface area contributed by atoms with E-state index in [1.54, 1.807) is 24.3 Å². The van der Waals surface area contributed by atoms with E-state index in [4.69, 9.17) is 42.0 Å². The van der Waals surface area contributed by atoms with Crippen molar-refractivity contribution in [1.29, 1.82) is 0 Å². The minimum atomic E-state index is -4.11. The third-order valence-electron chi connectivity index (χ3n) is 17.8. The molecule has 0 aromatic heterocycles. The summed E-state index contributed by atoms with van der Waals surface area (Å²) in [4.78, 5) is -1.42. The quantitative estimate of drug-likeness (QED) is 0.0374. The van der Waals surface area contributed by atoms with Crippen LogP contribution in [-0.4, -0.2) is 110 Å². The minimum absolute atomic E-state index is 0.0794. The number of fused-ring (bicyclic) bond motifs is 3. The molecule has 0 spiro atoms. The number of ether oxygens (including phenoxy) is 7. The molecule has 0 unspecified atom stereocenters. The van der Waals surface area contributed by atoms with Crippen LogP contribution in [0, 0.1) is 0 Å². The molecular formula is C63H82O11SSi2. The second-order valence-corrected chi connectivity index (χ2v) is 34.6. The molecule has 5 aliphatic heterocycles. The zero-order chi connectivity index (χ0) is 53.9. The van der Waals surface area contributed by atoms with Gasteiger partial charge in [-0.2, -0.15) is 0 Å². The van der Waals surface area contributed by atoms with Gasteiger partial charge in [-0.25, -0.2) is 8.42 Å². The van der Waals surface area contributed by atoms with E-state index in [1.807, 2.05) is 54.6 Å². The summed E-state index contributed by atoms with van der Waals surface area (Å²) in [6.07, 6.45) is -0.341. The van der Waals surface area contributed by atoms with Gasteiger partial charge in [0.1, 0.15) is 6.10 Å². The first-order valence-corrected chi connectivity index (χ1v) is 34.4. The molecule has 10 rings (SSSR count). The van der Waals surface area contributed by atoms with Gasteiger partial charge in [0.15, 0.2) is 8.32 Å². The molecule has 0 radical (unpaired) electrons. The molecule has 12 atom stereocenters. The number of hydrogen-bond acceptors (Lipinski definition) is 11. The van der Waals surface area contributed by atoms with Crippen molar-refractivity contribution in [1.82, 2.24) is 0 Å². The maximum Gasteiger partial charge on any atom is 0.261 e. The second-order valence-electron chi connectivity index (χ2n) is 23.4. The van der Waals surface area contributed by atoms with Crippen molar-refractivity contribution < 1.29 is 50.4 Å². The highest BCUT2D eigenvalue weighted by Gasteiger charge is 2.69. The van der Waals surface area contributed by atoms with E-state index >= 15 is 8.42 Å². The lowest BCUT2D eigenvalue weighted by Crippen LogP contribution is -2.67. The van der Waals surface area contributed by atoms with Crippen LogP contribution >= 0.6 is 0 Å². The summed E-state index contributed by atoms with van der Waals surface area (Å²) >= 11 is 0. The first kappa shape index (κ1) is 56.4. The van der Waals surface area contributed by atoms with Gasteiger partial charge in [-0.15, -0.1) is 0 Å². The molecule has 5 saturated heterocycles. The number of sulfone groups is 1. The highest BCUT2D eigenvalue weighted by molar-refractivity contribution is 7.93. The van der Waals surface area contributed by atoms with Crippen LogP contribution in [0.15, 0.2) is 157 Å². The molecule has 0 amide bonds. The van der Waals surface area contributed by atoms with Crippen LogP contribution in [0.25, 0.3) is 0 Å². The Morgan fingerprint density at radius 2 is 1.09 bits per heavy atom. The van der Waals surface area contributed by atoms with Gasteiger partial charge >= 0.3 is 0 Å². The number of rotatable bonds is 22. The summed E-state index contributed by atoms with van der Waals surface area (Å²) in [5.74, 6) is 0. The SMILES string of the molecule is CC[Si](CC)(CC)O[C@@H]1C[C@@H]2O[C@@H]3C[C@@H]4O[C@](C)(CCOCc5ccccc5)[C@@H](OCc5ccccc5)C[C@H]4O[C@H]3C[C@H]2O[C@H]1C[C@@]1(S(=O)(=O)c2ccccc2)O[C@@H]1CO[Si](c1ccccc1)(c1ccccc1)C(C)(C)C. The van der Waals surface area contributed by atoms with Crippen LogP contribution in [0.3, 0.4) is 0 Å². The summed E-state index contributed by atoms with van der Waals surface area (Å²) in [5, 5.41) is 1.91. The number of hydrogen-bond donors (Lipinski definition) is 0. The Hall–Kier alpha value is -3.88. The highest BCUT2D eigenvalue weighted by atomic mass is 32.2. The normalized spacial score (nSPS) is 30.4. The molecule has 0 saturated carbocycles. The Bertz CT molecular complexity index is 2720. The average molecular weight is 1100 g/mol. The summed E-state index contributed by atoms with van der Waals surface area (Å²) in [5.41, 5.74) is 1.61. The second kappa shape index (κ2) is 23.7. The fourth-order valence-corrected chi connectivity index (χ4v) is 22.5. The maximum absolute atomic E-state index is 15.4. The summed E-state index contributed by atoms with van der Waals surface area (Å²) in [6.45, 7) is 17.1. The van der Waals surface area contributed by atoms with Crippen LogP contribution in [0.4, 0.5) is 0 Å². The minimum Gasteiger partial charge on any atom is -0.411 e. The Kier molecular flexibility index (Phi) is 17.3. The molecule has 5 aromatic rings. The van der Waals surface area contributed by atoms with Crippen molar-refractivity contribution in [3.05, 3.63) is 163 Å². The smallest absolute Gasteiger partial charge is 0.261 e. The topological polar surface area (TPSA) is 121 Å². The molecular weight excluding hydrogens is 1020 g/mol. The Labute approximate surface area is 460 Å². The third kappa shape index (κ3) is 11.7. The van der Waals surface area contributed by atoms with Crippen molar-refractivity contribution in [3.8, 4) is 0 Å². The lowest BCUT2D eigenvalue weighted by Gasteiger charge is -2.55. The highest BCUT2D eigenvalue weighted by Crippen LogP contribution is 2.53. The van der Waals surface area contributed by atoms with Crippen molar-refractivity contribution in [2.24, 2.45) is 0 Å². The first-order chi connectivity index (χ1) is 37.1. The molecule has 11 nitrogen and oxygen atoms in total. The molecule has 77 heavy (non-hydrogen) atoms. The van der Waals surface area contributed by atoms with E-state index < -0.39 is 55.3 Å². The predicted octanol–water partition coefficient (Wildman–Crippen LogP) is 11.1. The van der Waals surface area contributed by atoms with Crippen LogP contribution in [0.5, 0.6) is 0 Å². The van der Waals surface area contributed by atoms with E-state index in [2.05, 4.69) is 121 Å². The fourth-order valence-electron chi connectivity index (χ4n) is 13.1. The maximum atomic E-state index is 15.4. The van der Waals surface area contributed by atoms with E-state index in [-0.39, 0.29) is 65.7 Å². The van der Waals surface area contributed by atoms with Gasteiger partial charge < -0.3 is 42.0 Å². The molecule has 14 heteroatoms. The molecule has 5 aliphatic rings. The average Bonchev–Trinajstić information content (AvgIpc) is 4.39. The van der Waals surface area contributed by atoms with Crippen LogP contribution in [-0.2, 0) is 65.1 Å². The van der Waals surface area contributed by atoms with Gasteiger partial charge in [0.25, 0.3) is 8.32 Å². The van der Waals surface area contributed by atoms with Crippen molar-refractivity contribution in [2.75, 3.05) is 13.2 Å². The zero-order valence-corrected chi connectivity index (χ0v) is 49.1. The van der Waals surface area contributed by atoms with Gasteiger partial charge in [-0.1, -0.05) is 181 Å². The van der Waals surface area contributed by atoms with Gasteiger partial charge in [-0.3, -0.25) is 0 Å². The van der Waals surface area contributed by atoms with Crippen molar-refractivity contribution in [3.63, 3.8) is 0 Å². The third-order valence-corrected chi connectivity index (χ3v) is 29.8. The number of epoxide rings is 1. The molecule has 5 heterocycles. The summed E-state index contributed by atoms with van der Waals surface area (Å²) in [7, 11) is -9.46. The molecule has 5 fully saturated rings. The first-order valence-electron chi connectivity index (χ1n) is 28.5. The Morgan fingerprint density at radius 1 is 0.597 bits per heavy atom. The molecule has 414 valence electrons. The van der Waals surface area contributed by atoms with Gasteiger partial charge in [0.2, 0.25) is 14.8 Å². The van der Waals surface area contributed by atoms with E-state index in [0.717, 1.165) is 39.6 Å². The predicted molar refractivity (Wildman–Crippen MR) is 305 cm³/mol. The molecule has 0 N–H and O–H groups in total. The van der Waals surface area contributed by atoms with E-state index in [0.29, 0.717) is 51.9 Å². The standard InChI is InChI=1S/C63H82O11SSi2/c1-8-76(9-2,10-3)74-57-40-54-52(38-51-53(69-54)39-56-55(70-51)41-59(67-44-47-28-18-12-19-29-47)62(7,72-56)36-37-66-43-46-26-16-11-17-27-46)71-58(57)42-63(75(64,65)48-30-20-13-21-31-48)60(73-63)45-68-77(61(4,5)6,49-32-22-14-23-33-49)50-34-24-15-25-35-50/h11-35,51-60H,8-10,36-45H2,1-7H3/t51-,52+,53+,54-,55+,56-,57+,58-,59-,60+,62+,63-/m0/s1. The summed E-state index contributed by atoms with van der Waals surface area (Å²) in [6, 6.07) is 52.9. The largest absolute Gasteiger partial charge is 0.411 e. The van der Waals surface area contributed by atoms with Gasteiger partial charge in [0.05, 0.1) is 85.3 Å². The lowest BCUT2D eigenvalue weighted by atomic mass is 9.80. The van der Waals surface area contributed by atoms with Gasteiger partial charge in [0, 0.05) is 45.1 Å².